The molecule has 3 unspecified atom stereocenters. The molecule has 1 aromatic carbocycles. The Morgan fingerprint density at radius 1 is 1.21 bits per heavy atom. The molecule has 2 saturated heterocycles. The third-order valence-electron chi connectivity index (χ3n) is 6.17. The minimum atomic E-state index is -0.559. The predicted molar refractivity (Wildman–Crippen MR) is 104 cm³/mol. The minimum absolute atomic E-state index is 0.121. The average Bonchev–Trinajstić information content (AvgIpc) is 3.02. The molecule has 4 rings (SSSR count). The van der Waals surface area contributed by atoms with Gasteiger partial charge in [0, 0.05) is 37.2 Å². The molecule has 2 fully saturated rings. The summed E-state index contributed by atoms with van der Waals surface area (Å²) in [5.41, 5.74) is 2.76. The fourth-order valence-electron chi connectivity index (χ4n) is 4.46. The number of carbonyl (C=O) groups excluding carboxylic acids is 3. The molecule has 0 radical (unpaired) electrons. The number of nitrogens with zero attached hydrogens (tertiary/aromatic N) is 1. The molecule has 3 N–H and O–H groups in total. The molecule has 7 nitrogen and oxygen atoms in total. The van der Waals surface area contributed by atoms with Crippen molar-refractivity contribution in [2.24, 2.45) is 0 Å². The lowest BCUT2D eigenvalue weighted by atomic mass is 9.98. The number of fused-ring (bicyclic) bond motifs is 1. The van der Waals surface area contributed by atoms with E-state index < -0.39 is 6.04 Å². The highest BCUT2D eigenvalue weighted by Crippen LogP contribution is 2.28. The largest absolute Gasteiger partial charge is 0.322 e. The maximum atomic E-state index is 12.7. The Hall–Kier alpha value is -2.25. The van der Waals surface area contributed by atoms with Crippen LogP contribution in [0, 0.1) is 0 Å². The number of piperidine rings is 2. The number of rotatable bonds is 5. The van der Waals surface area contributed by atoms with Crippen LogP contribution in [-0.4, -0.2) is 47.3 Å². The number of carbonyl (C=O) groups is 3. The van der Waals surface area contributed by atoms with Gasteiger partial charge in [0.05, 0.1) is 0 Å². The van der Waals surface area contributed by atoms with Gasteiger partial charge in [0.25, 0.3) is 5.91 Å². The van der Waals surface area contributed by atoms with E-state index in [0.29, 0.717) is 30.6 Å². The summed E-state index contributed by atoms with van der Waals surface area (Å²) in [5.74, 6) is -0.753. The first-order chi connectivity index (χ1) is 13.5. The maximum Gasteiger partial charge on any atom is 0.255 e. The number of imide groups is 1. The van der Waals surface area contributed by atoms with E-state index in [1.807, 2.05) is 12.1 Å². The second-order valence-corrected chi connectivity index (χ2v) is 8.12. The van der Waals surface area contributed by atoms with Gasteiger partial charge in [-0.25, -0.2) is 0 Å². The molecule has 0 spiro atoms. The molecule has 1 aromatic rings. The van der Waals surface area contributed by atoms with Crippen LogP contribution in [0.15, 0.2) is 18.2 Å². The summed E-state index contributed by atoms with van der Waals surface area (Å²) in [6, 6.07) is 6.25. The third-order valence-corrected chi connectivity index (χ3v) is 6.17. The molecule has 0 aliphatic carbocycles. The van der Waals surface area contributed by atoms with Gasteiger partial charge < -0.3 is 15.5 Å². The lowest BCUT2D eigenvalue weighted by molar-refractivity contribution is -0.136. The van der Waals surface area contributed by atoms with Crippen molar-refractivity contribution in [2.45, 2.75) is 70.2 Å². The maximum absolute atomic E-state index is 12.7. The van der Waals surface area contributed by atoms with E-state index in [9.17, 15) is 14.4 Å². The minimum Gasteiger partial charge on any atom is -0.322 e. The Labute approximate surface area is 165 Å². The van der Waals surface area contributed by atoms with Crippen molar-refractivity contribution in [3.05, 3.63) is 34.9 Å². The van der Waals surface area contributed by atoms with Gasteiger partial charge in [0.1, 0.15) is 6.04 Å². The zero-order valence-electron chi connectivity index (χ0n) is 16.3. The van der Waals surface area contributed by atoms with E-state index in [-0.39, 0.29) is 24.1 Å². The Kier molecular flexibility index (Phi) is 5.46. The van der Waals surface area contributed by atoms with E-state index >= 15 is 0 Å². The van der Waals surface area contributed by atoms with Crippen molar-refractivity contribution >= 4 is 17.7 Å². The highest BCUT2D eigenvalue weighted by molar-refractivity contribution is 6.05. The number of amides is 3. The molecule has 3 atom stereocenters. The number of nitrogens with one attached hydrogen (secondary N) is 3. The fraction of sp³-hybridized carbons (Fsp3) is 0.571. The third kappa shape index (κ3) is 3.82. The quantitative estimate of drug-likeness (QED) is 0.661. The first-order valence-corrected chi connectivity index (χ1v) is 10.3. The lowest BCUT2D eigenvalue weighted by Gasteiger charge is -2.29. The Bertz CT molecular complexity index is 788. The summed E-state index contributed by atoms with van der Waals surface area (Å²) in [5, 5.41) is 9.51. The molecule has 3 heterocycles. The first-order valence-electron chi connectivity index (χ1n) is 10.3. The second-order valence-electron chi connectivity index (χ2n) is 8.12. The molecule has 3 aliphatic heterocycles. The molecule has 0 saturated carbocycles. The van der Waals surface area contributed by atoms with Crippen LogP contribution in [0.4, 0.5) is 0 Å². The van der Waals surface area contributed by atoms with Crippen LogP contribution in [0.3, 0.4) is 0 Å². The molecule has 28 heavy (non-hydrogen) atoms. The number of hydrogen-bond donors (Lipinski definition) is 3. The Morgan fingerprint density at radius 3 is 2.82 bits per heavy atom. The lowest BCUT2D eigenvalue weighted by Crippen LogP contribution is -2.52. The number of hydrogen-bond acceptors (Lipinski definition) is 5. The summed E-state index contributed by atoms with van der Waals surface area (Å²) in [6.07, 6.45) is 4.41. The SMILES string of the molecule is CC(NCc1ccc2c(c1)CN(C1CCC(=O)NC1=O)C2=O)C1CCCCN1. The van der Waals surface area contributed by atoms with Crippen molar-refractivity contribution < 1.29 is 14.4 Å². The van der Waals surface area contributed by atoms with Gasteiger partial charge in [-0.15, -0.1) is 0 Å². The van der Waals surface area contributed by atoms with Crippen LogP contribution >= 0.6 is 0 Å². The first kappa shape index (κ1) is 19.1. The molecule has 0 bridgehead atoms. The van der Waals surface area contributed by atoms with Gasteiger partial charge >= 0.3 is 0 Å². The van der Waals surface area contributed by atoms with E-state index in [1.54, 1.807) is 4.90 Å². The van der Waals surface area contributed by atoms with Crippen molar-refractivity contribution in [3.63, 3.8) is 0 Å². The molecule has 0 aromatic heterocycles. The summed E-state index contributed by atoms with van der Waals surface area (Å²) >= 11 is 0. The van der Waals surface area contributed by atoms with Crippen LogP contribution in [0.25, 0.3) is 0 Å². The highest BCUT2D eigenvalue weighted by atomic mass is 16.2. The van der Waals surface area contributed by atoms with E-state index in [4.69, 9.17) is 0 Å². The summed E-state index contributed by atoms with van der Waals surface area (Å²) in [4.78, 5) is 37.9. The van der Waals surface area contributed by atoms with Gasteiger partial charge in [-0.1, -0.05) is 18.6 Å². The van der Waals surface area contributed by atoms with E-state index in [1.165, 1.54) is 19.3 Å². The standard InChI is InChI=1S/C21H28N4O3/c1-13(17-4-2-3-9-22-17)23-11-14-5-6-16-15(10-14)12-25(21(16)28)18-7-8-19(26)24-20(18)27/h5-6,10,13,17-18,22-23H,2-4,7-9,11-12H2,1H3,(H,24,26,27). The van der Waals surface area contributed by atoms with Crippen LogP contribution in [0.1, 0.15) is 60.5 Å². The van der Waals surface area contributed by atoms with Crippen LogP contribution < -0.4 is 16.0 Å². The van der Waals surface area contributed by atoms with Crippen molar-refractivity contribution in [3.8, 4) is 0 Å². The number of benzene rings is 1. The van der Waals surface area contributed by atoms with Crippen molar-refractivity contribution in [2.75, 3.05) is 6.54 Å². The Morgan fingerprint density at radius 2 is 2.07 bits per heavy atom. The van der Waals surface area contributed by atoms with E-state index in [2.05, 4.69) is 28.9 Å². The van der Waals surface area contributed by atoms with E-state index in [0.717, 1.165) is 24.2 Å². The normalized spacial score (nSPS) is 26.2. The van der Waals surface area contributed by atoms with Gasteiger partial charge in [-0.2, -0.15) is 0 Å². The van der Waals surface area contributed by atoms with Gasteiger partial charge in [0.15, 0.2) is 0 Å². The zero-order valence-corrected chi connectivity index (χ0v) is 16.3. The van der Waals surface area contributed by atoms with Crippen LogP contribution in [0.2, 0.25) is 0 Å². The van der Waals surface area contributed by atoms with Gasteiger partial charge in [-0.05, 0) is 49.9 Å². The van der Waals surface area contributed by atoms with Crippen LogP contribution in [-0.2, 0) is 22.7 Å². The molecular formula is C21H28N4O3. The van der Waals surface area contributed by atoms with Crippen LogP contribution in [0.5, 0.6) is 0 Å². The smallest absolute Gasteiger partial charge is 0.255 e. The summed E-state index contributed by atoms with van der Waals surface area (Å²) in [6.45, 7) is 4.48. The molecular weight excluding hydrogens is 356 g/mol. The van der Waals surface area contributed by atoms with Gasteiger partial charge in [-0.3, -0.25) is 19.7 Å². The molecule has 3 amide bonds. The monoisotopic (exact) mass is 384 g/mol. The molecule has 3 aliphatic rings. The fourth-order valence-corrected chi connectivity index (χ4v) is 4.46. The Balaban J connectivity index is 1.39. The summed E-state index contributed by atoms with van der Waals surface area (Å²) < 4.78 is 0. The predicted octanol–water partition coefficient (Wildman–Crippen LogP) is 1.07. The second kappa shape index (κ2) is 8.01. The van der Waals surface area contributed by atoms with Gasteiger partial charge in [0.2, 0.25) is 11.8 Å². The highest BCUT2D eigenvalue weighted by Gasteiger charge is 2.39. The summed E-state index contributed by atoms with van der Waals surface area (Å²) in [7, 11) is 0. The zero-order chi connectivity index (χ0) is 19.7. The molecule has 150 valence electrons. The average molecular weight is 384 g/mol. The molecule has 7 heteroatoms. The topological polar surface area (TPSA) is 90.5 Å². The van der Waals surface area contributed by atoms with Crippen molar-refractivity contribution in [1.82, 2.24) is 20.9 Å². The van der Waals surface area contributed by atoms with Crippen molar-refractivity contribution in [1.29, 1.82) is 0 Å².